The minimum atomic E-state index is 0.828. The van der Waals surface area contributed by atoms with Crippen molar-refractivity contribution in [1.82, 2.24) is 9.97 Å². The highest BCUT2D eigenvalue weighted by molar-refractivity contribution is 8.00. The largest absolute Gasteiger partial charge is 0.497 e. The predicted octanol–water partition coefficient (Wildman–Crippen LogP) is 6.23. The normalized spacial score (nSPS) is 10.8. The van der Waals surface area contributed by atoms with Gasteiger partial charge in [0.05, 0.1) is 18.5 Å². The van der Waals surface area contributed by atoms with E-state index in [1.165, 1.54) is 0 Å². The zero-order valence-corrected chi connectivity index (χ0v) is 16.5. The van der Waals surface area contributed by atoms with Crippen molar-refractivity contribution in [2.45, 2.75) is 10.1 Å². The first kappa shape index (κ1) is 17.3. The maximum Gasteiger partial charge on any atom is 0.150 e. The van der Waals surface area contributed by atoms with Crippen LogP contribution in [0.3, 0.4) is 0 Å². The van der Waals surface area contributed by atoms with Gasteiger partial charge in [-0.25, -0.2) is 9.97 Å². The smallest absolute Gasteiger partial charge is 0.150 e. The summed E-state index contributed by atoms with van der Waals surface area (Å²) in [5, 5.41) is 5.27. The Balaban J connectivity index is 1.41. The number of aromatic nitrogens is 2. The molecule has 6 heteroatoms. The molecule has 0 spiro atoms. The highest BCUT2D eigenvalue weighted by atomic mass is 32.2. The van der Waals surface area contributed by atoms with Crippen molar-refractivity contribution in [3.05, 3.63) is 71.1 Å². The van der Waals surface area contributed by atoms with Crippen molar-refractivity contribution in [3.63, 3.8) is 0 Å². The molecule has 0 fully saturated rings. The summed E-state index contributed by atoms with van der Waals surface area (Å²) in [4.78, 5) is 9.47. The van der Waals surface area contributed by atoms with Crippen LogP contribution in [-0.4, -0.2) is 17.1 Å². The summed E-state index contributed by atoms with van der Waals surface area (Å²) < 4.78 is 6.28. The topological polar surface area (TPSA) is 35.0 Å². The van der Waals surface area contributed by atoms with Gasteiger partial charge in [-0.2, -0.15) is 0 Å². The van der Waals surface area contributed by atoms with Crippen LogP contribution in [0.25, 0.3) is 21.8 Å². The molecule has 0 saturated carbocycles. The number of hydrogen-bond acceptors (Lipinski definition) is 6. The summed E-state index contributed by atoms with van der Waals surface area (Å²) in [5.41, 5.74) is 4.40. The highest BCUT2D eigenvalue weighted by Crippen LogP contribution is 2.32. The second-order valence-electron chi connectivity index (χ2n) is 5.53. The lowest BCUT2D eigenvalue weighted by Gasteiger charge is -2.00. The maximum absolute atomic E-state index is 5.21. The molecule has 0 aliphatic rings. The maximum atomic E-state index is 5.21. The van der Waals surface area contributed by atoms with Crippen LogP contribution < -0.4 is 4.74 Å². The van der Waals surface area contributed by atoms with Gasteiger partial charge in [0.25, 0.3) is 0 Å². The van der Waals surface area contributed by atoms with Gasteiger partial charge in [-0.15, -0.1) is 22.7 Å². The van der Waals surface area contributed by atoms with Crippen LogP contribution in [0.4, 0.5) is 0 Å². The highest BCUT2D eigenvalue weighted by Gasteiger charge is 2.08. The summed E-state index contributed by atoms with van der Waals surface area (Å²) in [5.74, 6) is 1.69. The standard InChI is InChI=1S/C20H16N2OS3/c1-23-17-9-7-15(8-10-17)19-21-16(11-24-19)12-25-20-22-18(13-26-20)14-5-3-2-4-6-14/h2-11,13H,12H2,1H3. The lowest BCUT2D eigenvalue weighted by atomic mass is 10.2. The Morgan fingerprint density at radius 1 is 0.885 bits per heavy atom. The predicted molar refractivity (Wildman–Crippen MR) is 111 cm³/mol. The molecular formula is C20H16N2OS3. The third-order valence-corrected chi connectivity index (χ3v) is 6.78. The van der Waals surface area contributed by atoms with E-state index in [0.717, 1.165) is 43.4 Å². The lowest BCUT2D eigenvalue weighted by Crippen LogP contribution is -1.84. The van der Waals surface area contributed by atoms with Gasteiger partial charge < -0.3 is 4.74 Å². The Morgan fingerprint density at radius 3 is 2.46 bits per heavy atom. The summed E-state index contributed by atoms with van der Waals surface area (Å²) >= 11 is 5.09. The van der Waals surface area contributed by atoms with Crippen LogP contribution in [-0.2, 0) is 5.75 Å². The molecule has 0 radical (unpaired) electrons. The van der Waals surface area contributed by atoms with Crippen LogP contribution in [0.2, 0.25) is 0 Å². The van der Waals surface area contributed by atoms with E-state index in [-0.39, 0.29) is 0 Å². The van der Waals surface area contributed by atoms with Gasteiger partial charge in [0, 0.05) is 27.6 Å². The Kier molecular flexibility index (Phi) is 5.34. The molecule has 26 heavy (non-hydrogen) atoms. The first-order chi connectivity index (χ1) is 12.8. The van der Waals surface area contributed by atoms with E-state index < -0.39 is 0 Å². The molecule has 3 nitrogen and oxygen atoms in total. The van der Waals surface area contributed by atoms with E-state index >= 15 is 0 Å². The zero-order valence-electron chi connectivity index (χ0n) is 14.1. The molecule has 0 aliphatic heterocycles. The van der Waals surface area contributed by atoms with E-state index in [2.05, 4.69) is 22.9 Å². The average Bonchev–Trinajstić information content (AvgIpc) is 3.37. The minimum absolute atomic E-state index is 0.828. The number of thiazole rings is 2. The fourth-order valence-corrected chi connectivity index (χ4v) is 5.10. The van der Waals surface area contributed by atoms with Crippen molar-refractivity contribution < 1.29 is 4.74 Å². The molecular weight excluding hydrogens is 380 g/mol. The zero-order chi connectivity index (χ0) is 17.8. The SMILES string of the molecule is COc1ccc(-c2nc(CSc3nc(-c4ccccc4)cs3)cs2)cc1. The molecule has 4 rings (SSSR count). The van der Waals surface area contributed by atoms with E-state index in [1.54, 1.807) is 41.5 Å². The first-order valence-corrected chi connectivity index (χ1v) is 10.8. The molecule has 130 valence electrons. The van der Waals surface area contributed by atoms with Gasteiger partial charge in [0.2, 0.25) is 0 Å². The molecule has 0 aliphatic carbocycles. The van der Waals surface area contributed by atoms with Gasteiger partial charge in [0.15, 0.2) is 4.34 Å². The summed E-state index contributed by atoms with van der Waals surface area (Å²) in [6.07, 6.45) is 0. The first-order valence-electron chi connectivity index (χ1n) is 8.04. The molecule has 0 bridgehead atoms. The Labute approximate surface area is 164 Å². The van der Waals surface area contributed by atoms with Gasteiger partial charge in [0.1, 0.15) is 10.8 Å². The van der Waals surface area contributed by atoms with E-state index in [4.69, 9.17) is 14.7 Å². The van der Waals surface area contributed by atoms with Gasteiger partial charge in [-0.05, 0) is 24.3 Å². The van der Waals surface area contributed by atoms with Crippen LogP contribution in [0.1, 0.15) is 5.69 Å². The fourth-order valence-electron chi connectivity index (χ4n) is 2.44. The molecule has 0 amide bonds. The Morgan fingerprint density at radius 2 is 1.69 bits per heavy atom. The monoisotopic (exact) mass is 396 g/mol. The van der Waals surface area contributed by atoms with Crippen LogP contribution in [0.5, 0.6) is 5.75 Å². The number of methoxy groups -OCH3 is 1. The molecule has 2 aromatic heterocycles. The van der Waals surface area contributed by atoms with Crippen LogP contribution >= 0.6 is 34.4 Å². The molecule has 0 atom stereocenters. The van der Waals surface area contributed by atoms with Crippen molar-refractivity contribution in [2.24, 2.45) is 0 Å². The van der Waals surface area contributed by atoms with E-state index in [1.807, 2.05) is 42.5 Å². The average molecular weight is 397 g/mol. The Bertz CT molecular complexity index is 978. The lowest BCUT2D eigenvalue weighted by molar-refractivity contribution is 0.415. The van der Waals surface area contributed by atoms with Crippen molar-refractivity contribution in [2.75, 3.05) is 7.11 Å². The van der Waals surface area contributed by atoms with Crippen LogP contribution in [0.15, 0.2) is 69.7 Å². The molecule has 0 saturated heterocycles. The van der Waals surface area contributed by atoms with Gasteiger partial charge in [-0.3, -0.25) is 0 Å². The summed E-state index contributed by atoms with van der Waals surface area (Å²) in [6.45, 7) is 0. The number of hydrogen-bond donors (Lipinski definition) is 0. The molecule has 0 N–H and O–H groups in total. The van der Waals surface area contributed by atoms with E-state index in [0.29, 0.717) is 0 Å². The molecule has 4 aromatic rings. The van der Waals surface area contributed by atoms with Crippen molar-refractivity contribution >= 4 is 34.4 Å². The fraction of sp³-hybridized carbons (Fsp3) is 0.100. The second-order valence-corrected chi connectivity index (χ2v) is 8.46. The molecule has 2 aromatic carbocycles. The number of ether oxygens (including phenoxy) is 1. The number of nitrogens with zero attached hydrogens (tertiary/aromatic N) is 2. The van der Waals surface area contributed by atoms with Crippen LogP contribution in [0, 0.1) is 0 Å². The third-order valence-electron chi connectivity index (χ3n) is 3.78. The summed E-state index contributed by atoms with van der Waals surface area (Å²) in [6, 6.07) is 18.3. The van der Waals surface area contributed by atoms with Gasteiger partial charge >= 0.3 is 0 Å². The third kappa shape index (κ3) is 3.98. The summed E-state index contributed by atoms with van der Waals surface area (Å²) in [7, 11) is 1.68. The second kappa shape index (κ2) is 8.03. The minimum Gasteiger partial charge on any atom is -0.497 e. The molecule has 2 heterocycles. The number of rotatable bonds is 6. The van der Waals surface area contributed by atoms with Crippen molar-refractivity contribution in [1.29, 1.82) is 0 Å². The number of thioether (sulfide) groups is 1. The van der Waals surface area contributed by atoms with Crippen molar-refractivity contribution in [3.8, 4) is 27.6 Å². The van der Waals surface area contributed by atoms with E-state index in [9.17, 15) is 0 Å². The number of benzene rings is 2. The Hall–Kier alpha value is -2.15. The quantitative estimate of drug-likeness (QED) is 0.362. The molecule has 0 unspecified atom stereocenters. The van der Waals surface area contributed by atoms with Gasteiger partial charge in [-0.1, -0.05) is 42.1 Å².